The number of aliphatic carboxylic acids is 1. The van der Waals surface area contributed by atoms with E-state index < -0.39 is 5.97 Å². The van der Waals surface area contributed by atoms with E-state index in [4.69, 9.17) is 9.84 Å². The molecule has 0 fully saturated rings. The number of pyridine rings is 2. The molecule has 146 valence electrons. The minimum Gasteiger partial charge on any atom is -0.481 e. The summed E-state index contributed by atoms with van der Waals surface area (Å²) in [6.45, 7) is 0. The van der Waals surface area contributed by atoms with E-state index in [2.05, 4.69) is 21.8 Å². The van der Waals surface area contributed by atoms with Crippen molar-refractivity contribution in [3.8, 4) is 28.8 Å². The van der Waals surface area contributed by atoms with Crippen molar-refractivity contribution in [1.82, 2.24) is 9.97 Å². The van der Waals surface area contributed by atoms with E-state index in [0.29, 0.717) is 29.8 Å². The maximum absolute atomic E-state index is 13.8. The van der Waals surface area contributed by atoms with Gasteiger partial charge in [0.1, 0.15) is 5.82 Å². The normalized spacial score (nSPS) is 10.1. The molecule has 0 amide bonds. The second-order valence-electron chi connectivity index (χ2n) is 6.31. The number of carboxylic acids is 1. The minimum atomic E-state index is -0.814. The van der Waals surface area contributed by atoms with Crippen LogP contribution in [0, 0.1) is 17.7 Å². The van der Waals surface area contributed by atoms with Gasteiger partial charge in [-0.3, -0.25) is 9.78 Å². The highest BCUT2D eigenvalue weighted by Gasteiger charge is 2.06. The molecular formula is C23H19FN2O3. The number of rotatable bonds is 6. The Balaban J connectivity index is 1.80. The number of nitrogens with zero attached hydrogens (tertiary/aromatic N) is 2. The Labute approximate surface area is 168 Å². The summed E-state index contributed by atoms with van der Waals surface area (Å²) in [6.07, 6.45) is 4.54. The fourth-order valence-electron chi connectivity index (χ4n) is 2.74. The fourth-order valence-corrected chi connectivity index (χ4v) is 2.74. The van der Waals surface area contributed by atoms with Gasteiger partial charge < -0.3 is 9.84 Å². The third kappa shape index (κ3) is 5.63. The predicted molar refractivity (Wildman–Crippen MR) is 107 cm³/mol. The Morgan fingerprint density at radius 3 is 2.62 bits per heavy atom. The molecule has 3 rings (SSSR count). The Hall–Kier alpha value is -3.72. The molecule has 0 bridgehead atoms. The first-order valence-corrected chi connectivity index (χ1v) is 9.04. The van der Waals surface area contributed by atoms with Gasteiger partial charge in [0, 0.05) is 47.3 Å². The van der Waals surface area contributed by atoms with Crippen LogP contribution in [0.2, 0.25) is 0 Å². The number of hydrogen-bond donors (Lipinski definition) is 1. The van der Waals surface area contributed by atoms with Gasteiger partial charge in [0.05, 0.1) is 7.11 Å². The van der Waals surface area contributed by atoms with Crippen LogP contribution in [0.1, 0.15) is 29.7 Å². The number of carboxylic acid groups (broad SMARTS) is 1. The van der Waals surface area contributed by atoms with Crippen LogP contribution < -0.4 is 4.74 Å². The van der Waals surface area contributed by atoms with Gasteiger partial charge in [-0.15, -0.1) is 0 Å². The summed E-state index contributed by atoms with van der Waals surface area (Å²) >= 11 is 0. The van der Waals surface area contributed by atoms with E-state index in [1.807, 2.05) is 18.2 Å². The molecule has 2 aromatic heterocycles. The third-order valence-electron chi connectivity index (χ3n) is 4.23. The molecule has 3 aromatic rings. The lowest BCUT2D eigenvalue weighted by Crippen LogP contribution is -1.97. The third-order valence-corrected chi connectivity index (χ3v) is 4.23. The number of aromatic nitrogens is 2. The summed E-state index contributed by atoms with van der Waals surface area (Å²) in [7, 11) is 1.54. The Morgan fingerprint density at radius 1 is 1.10 bits per heavy atom. The number of benzene rings is 1. The molecule has 0 saturated heterocycles. The standard InChI is InChI=1S/C23H19FN2O3/c1-29-22-12-8-18(15-26-22)21-11-9-19(24)13-17(21)7-5-16-6-10-20(25-14-16)3-2-4-23(27)28/h6,8-15H,2-4H2,1H3,(H,27,28). The fraction of sp³-hybridized carbons (Fsp3) is 0.174. The lowest BCUT2D eigenvalue weighted by Gasteiger charge is -2.06. The molecule has 0 radical (unpaired) electrons. The Morgan fingerprint density at radius 2 is 1.97 bits per heavy atom. The Bertz CT molecular complexity index is 1050. The summed E-state index contributed by atoms with van der Waals surface area (Å²) in [5.74, 6) is 5.33. The molecule has 1 N–H and O–H groups in total. The SMILES string of the molecule is COc1ccc(-c2ccc(F)cc2C#Cc2ccc(CCCC(=O)O)nc2)cn1. The van der Waals surface area contributed by atoms with Gasteiger partial charge in [0.25, 0.3) is 0 Å². The molecule has 29 heavy (non-hydrogen) atoms. The number of ether oxygens (including phenoxy) is 1. The van der Waals surface area contributed by atoms with Crippen LogP contribution in [0.4, 0.5) is 4.39 Å². The molecule has 0 spiro atoms. The van der Waals surface area contributed by atoms with E-state index in [-0.39, 0.29) is 12.2 Å². The average molecular weight is 390 g/mol. The first kappa shape index (κ1) is 20.0. The smallest absolute Gasteiger partial charge is 0.303 e. The highest BCUT2D eigenvalue weighted by atomic mass is 19.1. The molecule has 1 aromatic carbocycles. The molecule has 2 heterocycles. The zero-order valence-electron chi connectivity index (χ0n) is 15.9. The van der Waals surface area contributed by atoms with Crippen LogP contribution in [-0.4, -0.2) is 28.2 Å². The molecule has 0 aliphatic rings. The number of carbonyl (C=O) groups is 1. The van der Waals surface area contributed by atoms with Gasteiger partial charge in [-0.05, 0) is 48.7 Å². The van der Waals surface area contributed by atoms with Gasteiger partial charge in [0.2, 0.25) is 5.88 Å². The van der Waals surface area contributed by atoms with Crippen LogP contribution in [0.5, 0.6) is 5.88 Å². The first-order chi connectivity index (χ1) is 14.0. The maximum atomic E-state index is 13.8. The Kier molecular flexibility index (Phi) is 6.54. The predicted octanol–water partition coefficient (Wildman–Crippen LogP) is 4.10. The van der Waals surface area contributed by atoms with Gasteiger partial charge >= 0.3 is 5.97 Å². The number of halogens is 1. The van der Waals surface area contributed by atoms with Crippen molar-refractivity contribution in [3.05, 3.63) is 77.5 Å². The van der Waals surface area contributed by atoms with Gasteiger partial charge in [-0.1, -0.05) is 17.9 Å². The van der Waals surface area contributed by atoms with Crippen LogP contribution >= 0.6 is 0 Å². The van der Waals surface area contributed by atoms with Crippen molar-refractivity contribution in [2.24, 2.45) is 0 Å². The molecule has 6 heteroatoms. The average Bonchev–Trinajstić information content (AvgIpc) is 2.73. The summed E-state index contributed by atoms with van der Waals surface area (Å²) in [4.78, 5) is 19.1. The highest BCUT2D eigenvalue weighted by molar-refractivity contribution is 5.71. The van der Waals surface area contributed by atoms with Gasteiger partial charge in [-0.2, -0.15) is 0 Å². The van der Waals surface area contributed by atoms with Crippen molar-refractivity contribution < 1.29 is 19.0 Å². The monoisotopic (exact) mass is 390 g/mol. The second kappa shape index (κ2) is 9.47. The molecule has 0 saturated carbocycles. The van der Waals surface area contributed by atoms with Crippen molar-refractivity contribution in [2.45, 2.75) is 19.3 Å². The lowest BCUT2D eigenvalue weighted by molar-refractivity contribution is -0.137. The van der Waals surface area contributed by atoms with E-state index in [1.54, 1.807) is 31.6 Å². The molecule has 0 unspecified atom stereocenters. The molecule has 0 atom stereocenters. The van der Waals surface area contributed by atoms with Crippen LogP contribution in [-0.2, 0) is 11.2 Å². The van der Waals surface area contributed by atoms with Crippen LogP contribution in [0.15, 0.2) is 54.9 Å². The summed E-state index contributed by atoms with van der Waals surface area (Å²) in [5, 5.41) is 8.69. The zero-order valence-corrected chi connectivity index (χ0v) is 15.9. The van der Waals surface area contributed by atoms with Crippen LogP contribution in [0.25, 0.3) is 11.1 Å². The van der Waals surface area contributed by atoms with E-state index in [1.165, 1.54) is 12.1 Å². The maximum Gasteiger partial charge on any atom is 0.303 e. The lowest BCUT2D eigenvalue weighted by atomic mass is 10.0. The zero-order chi connectivity index (χ0) is 20.6. The van der Waals surface area contributed by atoms with E-state index in [9.17, 15) is 9.18 Å². The first-order valence-electron chi connectivity index (χ1n) is 9.04. The van der Waals surface area contributed by atoms with Gasteiger partial charge in [0.15, 0.2) is 0 Å². The van der Waals surface area contributed by atoms with Crippen molar-refractivity contribution in [3.63, 3.8) is 0 Å². The quantitative estimate of drug-likeness (QED) is 0.642. The number of hydrogen-bond acceptors (Lipinski definition) is 4. The van der Waals surface area contributed by atoms with Crippen LogP contribution in [0.3, 0.4) is 0 Å². The second-order valence-corrected chi connectivity index (χ2v) is 6.31. The van der Waals surface area contributed by atoms with E-state index in [0.717, 1.165) is 16.8 Å². The van der Waals surface area contributed by atoms with Crippen molar-refractivity contribution >= 4 is 5.97 Å². The largest absolute Gasteiger partial charge is 0.481 e. The molecule has 5 nitrogen and oxygen atoms in total. The van der Waals surface area contributed by atoms with Crippen molar-refractivity contribution in [2.75, 3.05) is 7.11 Å². The van der Waals surface area contributed by atoms with Crippen molar-refractivity contribution in [1.29, 1.82) is 0 Å². The molecule has 0 aliphatic heterocycles. The number of methoxy groups -OCH3 is 1. The molecule has 0 aliphatic carbocycles. The summed E-state index contributed by atoms with van der Waals surface area (Å²) < 4.78 is 18.8. The summed E-state index contributed by atoms with van der Waals surface area (Å²) in [5.41, 5.74) is 3.62. The minimum absolute atomic E-state index is 0.117. The van der Waals surface area contributed by atoms with E-state index >= 15 is 0 Å². The highest BCUT2D eigenvalue weighted by Crippen LogP contribution is 2.24. The topological polar surface area (TPSA) is 72.3 Å². The summed E-state index contributed by atoms with van der Waals surface area (Å²) in [6, 6.07) is 11.7. The van der Waals surface area contributed by atoms with Gasteiger partial charge in [-0.25, -0.2) is 9.37 Å². The number of aryl methyl sites for hydroxylation is 1. The molecular weight excluding hydrogens is 371 g/mol.